The van der Waals surface area contributed by atoms with Gasteiger partial charge in [-0.1, -0.05) is 13.8 Å². The smallest absolute Gasteiger partial charge is 0.270 e. The van der Waals surface area contributed by atoms with E-state index in [9.17, 15) is 13.2 Å². The molecule has 0 radical (unpaired) electrons. The molecular weight excluding hydrogens is 304 g/mol. The first-order chi connectivity index (χ1) is 10.2. The van der Waals surface area contributed by atoms with Crippen molar-refractivity contribution in [3.63, 3.8) is 0 Å². The third-order valence-electron chi connectivity index (χ3n) is 3.33. The van der Waals surface area contributed by atoms with Gasteiger partial charge in [-0.05, 0) is 19.3 Å². The Morgan fingerprint density at radius 1 is 1.41 bits per heavy atom. The fourth-order valence-electron chi connectivity index (χ4n) is 2.25. The van der Waals surface area contributed by atoms with Crippen LogP contribution in [-0.2, 0) is 9.84 Å². The molecule has 0 aliphatic carbocycles. The molecule has 1 aliphatic heterocycles. The zero-order valence-electron chi connectivity index (χ0n) is 13.1. The Balaban J connectivity index is 2.06. The van der Waals surface area contributed by atoms with Crippen LogP contribution in [0.15, 0.2) is 6.07 Å². The molecule has 0 saturated carbocycles. The predicted molar refractivity (Wildman–Crippen MR) is 84.6 cm³/mol. The minimum absolute atomic E-state index is 0.00125. The van der Waals surface area contributed by atoms with Gasteiger partial charge in [0.15, 0.2) is 9.84 Å². The Labute approximate surface area is 130 Å². The third-order valence-corrected chi connectivity index (χ3v) is 5.10. The molecule has 1 aromatic rings. The van der Waals surface area contributed by atoms with E-state index in [0.29, 0.717) is 24.0 Å². The Hall–Kier alpha value is -1.70. The van der Waals surface area contributed by atoms with Gasteiger partial charge in [-0.2, -0.15) is 0 Å². The van der Waals surface area contributed by atoms with Gasteiger partial charge < -0.3 is 10.6 Å². The van der Waals surface area contributed by atoms with Crippen LogP contribution in [0.25, 0.3) is 0 Å². The molecule has 1 aromatic heterocycles. The van der Waals surface area contributed by atoms with Crippen molar-refractivity contribution in [1.82, 2.24) is 15.3 Å². The van der Waals surface area contributed by atoms with Crippen molar-refractivity contribution in [2.45, 2.75) is 33.2 Å². The minimum Gasteiger partial charge on any atom is -0.370 e. The average molecular weight is 326 g/mol. The summed E-state index contributed by atoms with van der Waals surface area (Å²) in [6.45, 7) is 6.63. The number of carbonyl (C=O) groups is 1. The molecule has 2 rings (SSSR count). The van der Waals surface area contributed by atoms with Gasteiger partial charge in [0.05, 0.1) is 11.5 Å². The van der Waals surface area contributed by atoms with Gasteiger partial charge in [-0.3, -0.25) is 4.79 Å². The molecule has 2 heterocycles. The van der Waals surface area contributed by atoms with Crippen LogP contribution in [-0.4, -0.2) is 48.4 Å². The SMILES string of the molecule is Cc1nc(NCC(C)C)cc(C(=O)NC2CCS(=O)(=O)C2)n1. The first kappa shape index (κ1) is 16.7. The van der Waals surface area contributed by atoms with E-state index in [2.05, 4.69) is 34.4 Å². The van der Waals surface area contributed by atoms with Gasteiger partial charge in [-0.25, -0.2) is 18.4 Å². The summed E-state index contributed by atoms with van der Waals surface area (Å²) in [6, 6.07) is 1.26. The van der Waals surface area contributed by atoms with Crippen LogP contribution in [0.1, 0.15) is 36.6 Å². The average Bonchev–Trinajstić information content (AvgIpc) is 2.75. The second-order valence-electron chi connectivity index (χ2n) is 6.03. The van der Waals surface area contributed by atoms with Gasteiger partial charge in [0, 0.05) is 18.7 Å². The number of nitrogens with one attached hydrogen (secondary N) is 2. The molecule has 1 aliphatic rings. The van der Waals surface area contributed by atoms with Crippen molar-refractivity contribution in [2.75, 3.05) is 23.4 Å². The molecule has 122 valence electrons. The van der Waals surface area contributed by atoms with E-state index in [4.69, 9.17) is 0 Å². The molecular formula is C14H22N4O3S. The molecule has 7 nitrogen and oxygen atoms in total. The topological polar surface area (TPSA) is 101 Å². The lowest BCUT2D eigenvalue weighted by Gasteiger charge is -2.12. The maximum absolute atomic E-state index is 12.2. The highest BCUT2D eigenvalue weighted by molar-refractivity contribution is 7.91. The van der Waals surface area contributed by atoms with Crippen LogP contribution in [0.4, 0.5) is 5.82 Å². The summed E-state index contributed by atoms with van der Waals surface area (Å²) < 4.78 is 22.9. The summed E-state index contributed by atoms with van der Waals surface area (Å²) in [7, 11) is -3.02. The molecule has 2 N–H and O–H groups in total. The van der Waals surface area contributed by atoms with Crippen LogP contribution in [0, 0.1) is 12.8 Å². The Morgan fingerprint density at radius 2 is 2.14 bits per heavy atom. The third kappa shape index (κ3) is 4.66. The lowest BCUT2D eigenvalue weighted by molar-refractivity contribution is 0.0935. The summed E-state index contributed by atoms with van der Waals surface area (Å²) in [5.74, 6) is 1.32. The summed E-state index contributed by atoms with van der Waals surface area (Å²) in [6.07, 6.45) is 0.455. The van der Waals surface area contributed by atoms with Crippen molar-refractivity contribution in [1.29, 1.82) is 0 Å². The van der Waals surface area contributed by atoms with Crippen LogP contribution >= 0.6 is 0 Å². The highest BCUT2D eigenvalue weighted by atomic mass is 32.2. The van der Waals surface area contributed by atoms with E-state index in [1.165, 1.54) is 0 Å². The first-order valence-corrected chi connectivity index (χ1v) is 9.18. The maximum Gasteiger partial charge on any atom is 0.270 e. The fraction of sp³-hybridized carbons (Fsp3) is 0.643. The number of amides is 1. The van der Waals surface area contributed by atoms with Crippen molar-refractivity contribution in [3.05, 3.63) is 17.6 Å². The van der Waals surface area contributed by atoms with Crippen molar-refractivity contribution in [2.24, 2.45) is 5.92 Å². The molecule has 0 aromatic carbocycles. The monoisotopic (exact) mass is 326 g/mol. The number of aryl methyl sites for hydroxylation is 1. The van der Waals surface area contributed by atoms with Gasteiger partial charge >= 0.3 is 0 Å². The number of hydrogen-bond donors (Lipinski definition) is 2. The summed E-state index contributed by atoms with van der Waals surface area (Å²) >= 11 is 0. The van der Waals surface area contributed by atoms with Crippen molar-refractivity contribution < 1.29 is 13.2 Å². The molecule has 0 bridgehead atoms. The fourth-order valence-corrected chi connectivity index (χ4v) is 3.92. The number of nitrogens with zero attached hydrogens (tertiary/aromatic N) is 2. The van der Waals surface area contributed by atoms with Crippen LogP contribution in [0.2, 0.25) is 0 Å². The molecule has 0 spiro atoms. The first-order valence-electron chi connectivity index (χ1n) is 7.36. The number of rotatable bonds is 5. The second kappa shape index (κ2) is 6.60. The normalized spacial score (nSPS) is 20.1. The largest absolute Gasteiger partial charge is 0.370 e. The minimum atomic E-state index is -3.02. The number of sulfone groups is 1. The van der Waals surface area contributed by atoms with Crippen molar-refractivity contribution in [3.8, 4) is 0 Å². The van der Waals surface area contributed by atoms with E-state index in [1.807, 2.05) is 0 Å². The van der Waals surface area contributed by atoms with Crippen LogP contribution < -0.4 is 10.6 Å². The second-order valence-corrected chi connectivity index (χ2v) is 8.26. The molecule has 1 atom stereocenters. The summed E-state index contributed by atoms with van der Waals surface area (Å²) in [5.41, 5.74) is 0.253. The quantitative estimate of drug-likeness (QED) is 0.829. The lowest BCUT2D eigenvalue weighted by atomic mass is 10.2. The van der Waals surface area contributed by atoms with Gasteiger partial charge in [0.25, 0.3) is 5.91 Å². The summed E-state index contributed by atoms with van der Waals surface area (Å²) in [5, 5.41) is 5.89. The van der Waals surface area contributed by atoms with E-state index >= 15 is 0 Å². The van der Waals surface area contributed by atoms with Gasteiger partial charge in [-0.15, -0.1) is 0 Å². The number of hydrogen-bond acceptors (Lipinski definition) is 6. The highest BCUT2D eigenvalue weighted by Gasteiger charge is 2.29. The highest BCUT2D eigenvalue weighted by Crippen LogP contribution is 2.13. The molecule has 1 amide bonds. The summed E-state index contributed by atoms with van der Waals surface area (Å²) in [4.78, 5) is 20.6. The lowest BCUT2D eigenvalue weighted by Crippen LogP contribution is -2.36. The number of aromatic nitrogens is 2. The zero-order valence-corrected chi connectivity index (χ0v) is 13.9. The number of carbonyl (C=O) groups excluding carboxylic acids is 1. The van der Waals surface area contributed by atoms with E-state index in [0.717, 1.165) is 6.54 Å². The Kier molecular flexibility index (Phi) is 5.00. The molecule has 1 saturated heterocycles. The van der Waals surface area contributed by atoms with Crippen molar-refractivity contribution >= 4 is 21.6 Å². The molecule has 1 unspecified atom stereocenters. The molecule has 22 heavy (non-hydrogen) atoms. The van der Waals surface area contributed by atoms with Gasteiger partial charge in [0.1, 0.15) is 17.3 Å². The number of anilines is 1. The Bertz CT molecular complexity index is 658. The zero-order chi connectivity index (χ0) is 16.3. The van der Waals surface area contributed by atoms with Crippen LogP contribution in [0.5, 0.6) is 0 Å². The van der Waals surface area contributed by atoms with Crippen LogP contribution in [0.3, 0.4) is 0 Å². The predicted octanol–water partition coefficient (Wildman–Crippen LogP) is 0.770. The molecule has 1 fully saturated rings. The van der Waals surface area contributed by atoms with E-state index in [-0.39, 0.29) is 29.1 Å². The maximum atomic E-state index is 12.2. The molecule has 8 heteroatoms. The Morgan fingerprint density at radius 3 is 2.73 bits per heavy atom. The van der Waals surface area contributed by atoms with E-state index in [1.54, 1.807) is 13.0 Å². The standard InChI is InChI=1S/C14H22N4O3S/c1-9(2)7-15-13-6-12(16-10(3)17-13)14(19)18-11-4-5-22(20,21)8-11/h6,9,11H,4-5,7-8H2,1-3H3,(H,18,19)(H,15,16,17). The van der Waals surface area contributed by atoms with E-state index < -0.39 is 9.84 Å². The van der Waals surface area contributed by atoms with Gasteiger partial charge in [0.2, 0.25) is 0 Å².